The summed E-state index contributed by atoms with van der Waals surface area (Å²) in [7, 11) is 0. The summed E-state index contributed by atoms with van der Waals surface area (Å²) < 4.78 is 39.8. The molecule has 0 aliphatic heterocycles. The molecule has 1 rings (SSSR count). The maximum Gasteiger partial charge on any atom is 0.411 e. The Labute approximate surface area is 102 Å². The van der Waals surface area contributed by atoms with Crippen LogP contribution in [-0.4, -0.2) is 29.4 Å². The van der Waals surface area contributed by atoms with Crippen molar-refractivity contribution >= 4 is 11.6 Å². The maximum atomic E-state index is 11.8. The van der Waals surface area contributed by atoms with Crippen LogP contribution in [0.4, 0.5) is 13.2 Å². The third-order valence-corrected chi connectivity index (χ3v) is 2.10. The number of ether oxygens (including phenoxy) is 1. The van der Waals surface area contributed by atoms with Crippen LogP contribution < -0.4 is 0 Å². The zero-order valence-corrected chi connectivity index (χ0v) is 9.98. The molecule has 0 bridgehead atoms. The molecule has 0 saturated carbocycles. The van der Waals surface area contributed by atoms with E-state index in [2.05, 4.69) is 14.7 Å². The molecule has 0 N–H and O–H groups in total. The van der Waals surface area contributed by atoms with Crippen molar-refractivity contribution in [1.82, 2.24) is 9.97 Å². The SMILES string of the molecule is Cc1cc(CCl)nc(CCOCC(F)(F)F)n1. The molecule has 1 heterocycles. The summed E-state index contributed by atoms with van der Waals surface area (Å²) in [5, 5.41) is 0. The van der Waals surface area contributed by atoms with Crippen LogP contribution in [0.25, 0.3) is 0 Å². The summed E-state index contributed by atoms with van der Waals surface area (Å²) in [5.41, 5.74) is 1.39. The second kappa shape index (κ2) is 6.16. The number of rotatable bonds is 5. The van der Waals surface area contributed by atoms with Crippen LogP contribution in [0.15, 0.2) is 6.07 Å². The zero-order valence-electron chi connectivity index (χ0n) is 9.22. The Morgan fingerprint density at radius 1 is 1.35 bits per heavy atom. The van der Waals surface area contributed by atoms with Gasteiger partial charge < -0.3 is 4.74 Å². The Balaban J connectivity index is 2.44. The highest BCUT2D eigenvalue weighted by Crippen LogP contribution is 2.14. The highest BCUT2D eigenvalue weighted by atomic mass is 35.5. The van der Waals surface area contributed by atoms with Gasteiger partial charge in [0.1, 0.15) is 12.4 Å². The summed E-state index contributed by atoms with van der Waals surface area (Å²) in [6.45, 7) is 0.462. The molecule has 0 unspecified atom stereocenters. The third kappa shape index (κ3) is 5.83. The lowest BCUT2D eigenvalue weighted by molar-refractivity contribution is -0.173. The molecule has 3 nitrogen and oxygen atoms in total. The molecular formula is C10H12ClF3N2O. The number of aryl methyl sites for hydroxylation is 1. The first-order valence-electron chi connectivity index (χ1n) is 4.94. The molecule has 0 spiro atoms. The van der Waals surface area contributed by atoms with Gasteiger partial charge in [-0.3, -0.25) is 0 Å². The molecule has 0 saturated heterocycles. The van der Waals surface area contributed by atoms with E-state index < -0.39 is 12.8 Å². The van der Waals surface area contributed by atoms with Gasteiger partial charge in [-0.2, -0.15) is 13.2 Å². The number of hydrogen-bond acceptors (Lipinski definition) is 3. The molecule has 0 atom stereocenters. The second-order valence-electron chi connectivity index (χ2n) is 3.47. The van der Waals surface area contributed by atoms with E-state index in [4.69, 9.17) is 11.6 Å². The summed E-state index contributed by atoms with van der Waals surface area (Å²) in [6.07, 6.45) is -4.06. The minimum absolute atomic E-state index is 0.0648. The minimum Gasteiger partial charge on any atom is -0.372 e. The van der Waals surface area contributed by atoms with E-state index in [1.807, 2.05) is 0 Å². The van der Waals surface area contributed by atoms with E-state index in [0.717, 1.165) is 5.69 Å². The molecule has 1 aromatic rings. The summed E-state index contributed by atoms with van der Waals surface area (Å²) in [6, 6.07) is 1.73. The van der Waals surface area contributed by atoms with Crippen molar-refractivity contribution < 1.29 is 17.9 Å². The van der Waals surface area contributed by atoms with Crippen LogP contribution in [0, 0.1) is 6.92 Å². The second-order valence-corrected chi connectivity index (χ2v) is 3.74. The van der Waals surface area contributed by atoms with Gasteiger partial charge in [0.05, 0.1) is 18.2 Å². The topological polar surface area (TPSA) is 35.0 Å². The lowest BCUT2D eigenvalue weighted by Gasteiger charge is -2.07. The van der Waals surface area contributed by atoms with E-state index in [0.29, 0.717) is 11.5 Å². The van der Waals surface area contributed by atoms with Crippen molar-refractivity contribution in [1.29, 1.82) is 0 Å². The van der Waals surface area contributed by atoms with Crippen LogP contribution in [0.1, 0.15) is 17.2 Å². The standard InChI is InChI=1S/C10H12ClF3N2O/c1-7-4-8(5-11)16-9(15-7)2-3-17-6-10(12,13)14/h4H,2-3,5-6H2,1H3. The Bertz CT molecular complexity index is 371. The van der Waals surface area contributed by atoms with Gasteiger partial charge in [-0.05, 0) is 13.0 Å². The fourth-order valence-electron chi connectivity index (χ4n) is 1.23. The lowest BCUT2D eigenvalue weighted by atomic mass is 10.3. The summed E-state index contributed by atoms with van der Waals surface area (Å²) in [5.74, 6) is 0.697. The molecule has 0 aromatic carbocycles. The largest absolute Gasteiger partial charge is 0.411 e. The highest BCUT2D eigenvalue weighted by molar-refractivity contribution is 6.16. The smallest absolute Gasteiger partial charge is 0.372 e. The molecule has 96 valence electrons. The van der Waals surface area contributed by atoms with Crippen molar-refractivity contribution in [3.05, 3.63) is 23.3 Å². The molecule has 17 heavy (non-hydrogen) atoms. The van der Waals surface area contributed by atoms with Crippen LogP contribution in [0.3, 0.4) is 0 Å². The van der Waals surface area contributed by atoms with Crippen LogP contribution >= 0.6 is 11.6 Å². The predicted molar refractivity (Wildman–Crippen MR) is 56.9 cm³/mol. The molecule has 0 fully saturated rings. The molecule has 0 radical (unpaired) electrons. The van der Waals surface area contributed by atoms with Gasteiger partial charge in [-0.1, -0.05) is 0 Å². The van der Waals surface area contributed by atoms with Crippen LogP contribution in [-0.2, 0) is 17.0 Å². The lowest BCUT2D eigenvalue weighted by Crippen LogP contribution is -2.18. The number of alkyl halides is 4. The first-order chi connectivity index (χ1) is 7.90. The van der Waals surface area contributed by atoms with Crippen molar-refractivity contribution in [2.24, 2.45) is 0 Å². The number of halogens is 4. The quantitative estimate of drug-likeness (QED) is 0.608. The van der Waals surface area contributed by atoms with Crippen molar-refractivity contribution in [2.75, 3.05) is 13.2 Å². The van der Waals surface area contributed by atoms with Crippen molar-refractivity contribution in [3.8, 4) is 0 Å². The predicted octanol–water partition coefficient (Wildman–Crippen LogP) is 2.65. The zero-order chi connectivity index (χ0) is 12.9. The minimum atomic E-state index is -4.30. The van der Waals surface area contributed by atoms with Gasteiger partial charge in [0, 0.05) is 12.1 Å². The third-order valence-electron chi connectivity index (χ3n) is 1.83. The van der Waals surface area contributed by atoms with Crippen LogP contribution in [0.5, 0.6) is 0 Å². The first kappa shape index (κ1) is 14.2. The van der Waals surface area contributed by atoms with Gasteiger partial charge in [0.15, 0.2) is 0 Å². The van der Waals surface area contributed by atoms with E-state index >= 15 is 0 Å². The molecular weight excluding hydrogens is 257 g/mol. The average Bonchev–Trinajstić information content (AvgIpc) is 2.22. The Morgan fingerprint density at radius 3 is 2.65 bits per heavy atom. The van der Waals surface area contributed by atoms with Gasteiger partial charge in [-0.25, -0.2) is 9.97 Å². The fourth-order valence-corrected chi connectivity index (χ4v) is 1.37. The first-order valence-corrected chi connectivity index (χ1v) is 5.48. The number of hydrogen-bond donors (Lipinski definition) is 0. The van der Waals surface area contributed by atoms with Crippen molar-refractivity contribution in [2.45, 2.75) is 25.4 Å². The van der Waals surface area contributed by atoms with Crippen LogP contribution in [0.2, 0.25) is 0 Å². The van der Waals surface area contributed by atoms with Gasteiger partial charge in [0.2, 0.25) is 0 Å². The van der Waals surface area contributed by atoms with Gasteiger partial charge in [0.25, 0.3) is 0 Å². The highest BCUT2D eigenvalue weighted by Gasteiger charge is 2.27. The molecule has 1 aromatic heterocycles. The monoisotopic (exact) mass is 268 g/mol. The molecule has 0 aliphatic rings. The summed E-state index contributed by atoms with van der Waals surface area (Å²) >= 11 is 5.62. The van der Waals surface area contributed by atoms with E-state index in [9.17, 15) is 13.2 Å². The summed E-state index contributed by atoms with van der Waals surface area (Å²) in [4.78, 5) is 8.17. The number of nitrogens with zero attached hydrogens (tertiary/aromatic N) is 2. The van der Waals surface area contributed by atoms with Crippen molar-refractivity contribution in [3.63, 3.8) is 0 Å². The molecule has 7 heteroatoms. The van der Waals surface area contributed by atoms with E-state index in [-0.39, 0.29) is 18.9 Å². The van der Waals surface area contributed by atoms with Gasteiger partial charge in [-0.15, -0.1) is 11.6 Å². The maximum absolute atomic E-state index is 11.8. The number of aromatic nitrogens is 2. The van der Waals surface area contributed by atoms with Gasteiger partial charge >= 0.3 is 6.18 Å². The normalized spacial score (nSPS) is 11.8. The fraction of sp³-hybridized carbons (Fsp3) is 0.600. The Morgan fingerprint density at radius 2 is 2.06 bits per heavy atom. The van der Waals surface area contributed by atoms with E-state index in [1.165, 1.54) is 0 Å². The van der Waals surface area contributed by atoms with E-state index in [1.54, 1.807) is 13.0 Å². The Hall–Kier alpha value is -0.880. The molecule has 0 aliphatic carbocycles. The average molecular weight is 269 g/mol. The Kier molecular flexibility index (Phi) is 5.14. The molecule has 0 amide bonds.